The summed E-state index contributed by atoms with van der Waals surface area (Å²) < 4.78 is 5.32. The summed E-state index contributed by atoms with van der Waals surface area (Å²) >= 11 is 0. The number of carbonyl (C=O) groups is 5. The molecule has 0 aromatic heterocycles. The lowest BCUT2D eigenvalue weighted by Gasteiger charge is -2.34. The van der Waals surface area contributed by atoms with E-state index in [0.717, 1.165) is 5.56 Å². The first-order chi connectivity index (χ1) is 19.1. The minimum atomic E-state index is -1.49. The second-order valence-corrected chi connectivity index (χ2v) is 8.82. The second-order valence-electron chi connectivity index (χ2n) is 8.82. The quantitative estimate of drug-likeness (QED) is 0.183. The molecule has 1 aliphatic heterocycles. The number of ether oxygens (including phenoxy) is 1. The number of urea groups is 1. The number of carboxylic acid groups (broad SMARTS) is 1. The van der Waals surface area contributed by atoms with Crippen molar-refractivity contribution < 1.29 is 33.8 Å². The van der Waals surface area contributed by atoms with Crippen molar-refractivity contribution in [1.82, 2.24) is 20.4 Å². The first-order valence-electron chi connectivity index (χ1n) is 12.4. The van der Waals surface area contributed by atoms with Crippen LogP contribution < -0.4 is 21.7 Å². The van der Waals surface area contributed by atoms with E-state index in [0.29, 0.717) is 0 Å². The van der Waals surface area contributed by atoms with Gasteiger partial charge in [-0.1, -0.05) is 36.4 Å². The molecule has 0 bridgehead atoms. The van der Waals surface area contributed by atoms with E-state index in [-0.39, 0.29) is 57.0 Å². The van der Waals surface area contributed by atoms with Crippen LogP contribution in [-0.4, -0.2) is 89.4 Å². The number of benzene rings is 2. The predicted molar refractivity (Wildman–Crippen MR) is 144 cm³/mol. The maximum Gasteiger partial charge on any atom is 0.410 e. The molecule has 0 saturated carbocycles. The predicted octanol–water partition coefficient (Wildman–Crippen LogP) is 0.798. The van der Waals surface area contributed by atoms with Crippen molar-refractivity contribution in [2.75, 3.05) is 38.0 Å². The molecule has 14 heteroatoms. The van der Waals surface area contributed by atoms with E-state index in [9.17, 15) is 24.0 Å². The molecule has 2 aromatic rings. The van der Waals surface area contributed by atoms with Gasteiger partial charge in [-0.25, -0.2) is 9.59 Å². The molecular formula is C26H31N7O7. The lowest BCUT2D eigenvalue weighted by molar-refractivity contribution is -0.136. The average Bonchev–Trinajstić information content (AvgIpc) is 2.94. The maximum absolute atomic E-state index is 12.8. The molecule has 212 valence electrons. The van der Waals surface area contributed by atoms with Gasteiger partial charge in [0.15, 0.2) is 6.04 Å². The number of carboxylic acids is 1. The Morgan fingerprint density at radius 1 is 0.975 bits per heavy atom. The molecule has 1 saturated heterocycles. The van der Waals surface area contributed by atoms with E-state index in [4.69, 9.17) is 21.0 Å². The average molecular weight is 554 g/mol. The summed E-state index contributed by atoms with van der Waals surface area (Å²) in [4.78, 5) is 63.7. The normalized spacial score (nSPS) is 13.5. The zero-order valence-corrected chi connectivity index (χ0v) is 21.6. The number of nitrogens with zero attached hydrogens (tertiary/aromatic N) is 2. The number of nitrogens with two attached hydrogens (primary N) is 1. The number of carbonyl (C=O) groups excluding carboxylic acids is 4. The lowest BCUT2D eigenvalue weighted by atomic mass is 10.1. The van der Waals surface area contributed by atoms with Gasteiger partial charge >= 0.3 is 18.1 Å². The van der Waals surface area contributed by atoms with E-state index >= 15 is 0 Å². The van der Waals surface area contributed by atoms with Gasteiger partial charge in [0.1, 0.15) is 12.4 Å². The van der Waals surface area contributed by atoms with Crippen LogP contribution in [0.15, 0.2) is 54.6 Å². The van der Waals surface area contributed by atoms with Gasteiger partial charge in [-0.3, -0.25) is 19.8 Å². The van der Waals surface area contributed by atoms with Crippen LogP contribution in [0.3, 0.4) is 0 Å². The number of anilines is 1. The third kappa shape index (κ3) is 8.72. The standard InChI is InChI=1S/C26H31N7O7/c27-22(28)21(24(37)30-19-8-4-7-18(15-19)23(36)29-10-9-20(34)35)31-25(38)32-11-13-33(14-12-32)26(39)40-16-17-5-2-1-3-6-17/h1-8,15,21H,9-14,16H2,(H3,27,28)(H,29,36)(H,30,37)(H,31,38)(H,34,35). The molecule has 1 fully saturated rings. The molecule has 0 aliphatic carbocycles. The van der Waals surface area contributed by atoms with Crippen molar-refractivity contribution in [2.24, 2.45) is 5.73 Å². The third-order valence-corrected chi connectivity index (χ3v) is 5.89. The summed E-state index contributed by atoms with van der Waals surface area (Å²) in [5.41, 5.74) is 6.81. The fourth-order valence-electron chi connectivity index (χ4n) is 3.74. The van der Waals surface area contributed by atoms with Crippen molar-refractivity contribution in [1.29, 1.82) is 5.41 Å². The lowest BCUT2D eigenvalue weighted by Crippen LogP contribution is -2.58. The Hall–Kier alpha value is -5.14. The highest BCUT2D eigenvalue weighted by Crippen LogP contribution is 2.12. The Balaban J connectivity index is 1.50. The summed E-state index contributed by atoms with van der Waals surface area (Å²) in [6.07, 6.45) is -0.738. The zero-order chi connectivity index (χ0) is 29.1. The number of amides is 5. The van der Waals surface area contributed by atoms with Gasteiger partial charge in [0.25, 0.3) is 11.8 Å². The summed E-state index contributed by atoms with van der Waals surface area (Å²) in [7, 11) is 0. The highest BCUT2D eigenvalue weighted by atomic mass is 16.6. The Labute approximate surface area is 230 Å². The van der Waals surface area contributed by atoms with Crippen LogP contribution in [0.5, 0.6) is 0 Å². The monoisotopic (exact) mass is 553 g/mol. The Morgan fingerprint density at radius 3 is 2.30 bits per heavy atom. The SMILES string of the molecule is N=C(N)C(NC(=O)N1CCN(C(=O)OCc2ccccc2)CC1)C(=O)Nc1cccc(C(=O)NCCC(=O)O)c1. The number of piperazine rings is 1. The minimum Gasteiger partial charge on any atom is -0.481 e. The number of hydrogen-bond donors (Lipinski definition) is 6. The number of amidine groups is 1. The van der Waals surface area contributed by atoms with E-state index < -0.39 is 41.8 Å². The molecule has 0 radical (unpaired) electrons. The summed E-state index contributed by atoms with van der Waals surface area (Å²) in [6, 6.07) is 13.0. The molecule has 5 amide bonds. The molecule has 1 atom stereocenters. The topological polar surface area (TPSA) is 207 Å². The largest absolute Gasteiger partial charge is 0.481 e. The van der Waals surface area contributed by atoms with Crippen molar-refractivity contribution in [3.05, 3.63) is 65.7 Å². The van der Waals surface area contributed by atoms with Crippen molar-refractivity contribution in [3.63, 3.8) is 0 Å². The van der Waals surface area contributed by atoms with E-state index in [2.05, 4.69) is 16.0 Å². The van der Waals surface area contributed by atoms with Crippen LogP contribution in [0.1, 0.15) is 22.3 Å². The molecular weight excluding hydrogens is 522 g/mol. The summed E-state index contributed by atoms with van der Waals surface area (Å²) in [5.74, 6) is -2.98. The second kappa shape index (κ2) is 14.1. The van der Waals surface area contributed by atoms with Crippen molar-refractivity contribution >= 4 is 41.4 Å². The molecule has 7 N–H and O–H groups in total. The van der Waals surface area contributed by atoms with E-state index in [1.807, 2.05) is 30.3 Å². The molecule has 2 aromatic carbocycles. The zero-order valence-electron chi connectivity index (χ0n) is 21.6. The minimum absolute atomic E-state index is 0.0632. The Kier molecular flexibility index (Phi) is 10.4. The van der Waals surface area contributed by atoms with Crippen molar-refractivity contribution in [2.45, 2.75) is 19.1 Å². The maximum atomic E-state index is 12.8. The highest BCUT2D eigenvalue weighted by molar-refractivity contribution is 6.12. The summed E-state index contributed by atoms with van der Waals surface area (Å²) in [6.45, 7) is 0.869. The first kappa shape index (κ1) is 29.4. The number of hydrogen-bond acceptors (Lipinski definition) is 7. The van der Waals surface area contributed by atoms with Crippen LogP contribution >= 0.6 is 0 Å². The number of rotatable bonds is 10. The van der Waals surface area contributed by atoms with Crippen LogP contribution in [-0.2, 0) is 20.9 Å². The fraction of sp³-hybridized carbons (Fsp3) is 0.308. The van der Waals surface area contributed by atoms with Crippen molar-refractivity contribution in [3.8, 4) is 0 Å². The van der Waals surface area contributed by atoms with Gasteiger partial charge < -0.3 is 41.3 Å². The van der Waals surface area contributed by atoms with Crippen LogP contribution in [0.2, 0.25) is 0 Å². The van der Waals surface area contributed by atoms with Gasteiger partial charge in [-0.05, 0) is 23.8 Å². The first-order valence-corrected chi connectivity index (χ1v) is 12.4. The fourth-order valence-corrected chi connectivity index (χ4v) is 3.74. The van der Waals surface area contributed by atoms with E-state index in [1.54, 1.807) is 0 Å². The summed E-state index contributed by atoms with van der Waals surface area (Å²) in [5, 5.41) is 23.9. The smallest absolute Gasteiger partial charge is 0.410 e. The van der Waals surface area contributed by atoms with Gasteiger partial charge in [-0.15, -0.1) is 0 Å². The van der Waals surface area contributed by atoms with E-state index in [1.165, 1.54) is 34.1 Å². The van der Waals surface area contributed by atoms with Crippen LogP contribution in [0, 0.1) is 5.41 Å². The number of nitrogens with one attached hydrogen (secondary N) is 4. The molecule has 14 nitrogen and oxygen atoms in total. The molecule has 0 spiro atoms. The molecule has 1 aliphatic rings. The Morgan fingerprint density at radius 2 is 1.65 bits per heavy atom. The molecule has 40 heavy (non-hydrogen) atoms. The molecule has 1 heterocycles. The van der Waals surface area contributed by atoms with Gasteiger partial charge in [-0.2, -0.15) is 0 Å². The van der Waals surface area contributed by atoms with Crippen LogP contribution in [0.25, 0.3) is 0 Å². The third-order valence-electron chi connectivity index (χ3n) is 5.89. The highest BCUT2D eigenvalue weighted by Gasteiger charge is 2.29. The van der Waals surface area contributed by atoms with Gasteiger partial charge in [0.2, 0.25) is 0 Å². The van der Waals surface area contributed by atoms with Crippen LogP contribution in [0.4, 0.5) is 15.3 Å². The van der Waals surface area contributed by atoms with Gasteiger partial charge in [0.05, 0.1) is 6.42 Å². The Bertz CT molecular complexity index is 1250. The molecule has 3 rings (SSSR count). The molecule has 1 unspecified atom stereocenters. The van der Waals surface area contributed by atoms with Gasteiger partial charge in [0, 0.05) is 44.0 Å². The number of aliphatic carboxylic acids is 1.